The Balaban J connectivity index is 2.46. The molecule has 0 spiro atoms. The monoisotopic (exact) mass is 292 g/mol. The van der Waals surface area contributed by atoms with Crippen LogP contribution in [0, 0.1) is 0 Å². The molecule has 0 fully saturated rings. The van der Waals surface area contributed by atoms with Gasteiger partial charge in [-0.1, -0.05) is 23.8 Å². The predicted molar refractivity (Wildman–Crippen MR) is 83.5 cm³/mol. The molecular weight excluding hydrogens is 280 g/mol. The number of hydrogen-bond donors (Lipinski definition) is 2. The van der Waals surface area contributed by atoms with Crippen molar-refractivity contribution in [3.05, 3.63) is 53.1 Å². The van der Waals surface area contributed by atoms with Crippen molar-refractivity contribution in [2.24, 2.45) is 5.73 Å². The predicted octanol–water partition coefficient (Wildman–Crippen LogP) is 3.45. The van der Waals surface area contributed by atoms with Crippen molar-refractivity contribution >= 4 is 40.2 Å². The molecule has 0 amide bonds. The second-order valence-electron chi connectivity index (χ2n) is 4.10. The zero-order chi connectivity index (χ0) is 14.0. The number of rotatable bonds is 3. The molecule has 0 radical (unpaired) electrons. The van der Waals surface area contributed by atoms with E-state index in [-0.39, 0.29) is 5.75 Å². The third-order valence-corrected chi connectivity index (χ3v) is 3.28. The number of nitrogens with zero attached hydrogens (tertiary/aromatic N) is 1. The average Bonchev–Trinajstić information content (AvgIpc) is 2.38. The molecule has 0 aliphatic carbocycles. The Morgan fingerprint density at radius 3 is 2.42 bits per heavy atom. The number of thiocarbonyl (C=S) groups is 1. The van der Waals surface area contributed by atoms with E-state index < -0.39 is 0 Å². The zero-order valence-corrected chi connectivity index (χ0v) is 11.9. The topological polar surface area (TPSA) is 49.5 Å². The molecule has 0 aromatic heterocycles. The van der Waals surface area contributed by atoms with Crippen molar-refractivity contribution < 1.29 is 5.11 Å². The molecule has 0 aliphatic rings. The Kier molecular flexibility index (Phi) is 3.93. The van der Waals surface area contributed by atoms with E-state index in [1.165, 1.54) is 0 Å². The van der Waals surface area contributed by atoms with Gasteiger partial charge in [0.15, 0.2) is 0 Å². The zero-order valence-electron chi connectivity index (χ0n) is 10.3. The number of hydrogen-bond acceptors (Lipinski definition) is 3. The molecule has 5 heteroatoms. The summed E-state index contributed by atoms with van der Waals surface area (Å²) in [6.45, 7) is 0. The number of nitrogens with two attached hydrogens (primary N) is 1. The molecule has 0 unspecified atom stereocenters. The minimum atomic E-state index is 0.225. The van der Waals surface area contributed by atoms with Gasteiger partial charge in [0.05, 0.1) is 5.69 Å². The highest BCUT2D eigenvalue weighted by molar-refractivity contribution is 7.80. The Labute approximate surface area is 122 Å². The highest BCUT2D eigenvalue weighted by atomic mass is 35.5. The first-order valence-corrected chi connectivity index (χ1v) is 6.40. The third kappa shape index (κ3) is 2.97. The maximum Gasteiger partial charge on any atom is 0.115 e. The lowest BCUT2D eigenvalue weighted by atomic mass is 10.1. The fourth-order valence-electron chi connectivity index (χ4n) is 1.81. The summed E-state index contributed by atoms with van der Waals surface area (Å²) in [5, 5.41) is 9.90. The van der Waals surface area contributed by atoms with Crippen LogP contribution in [0.4, 0.5) is 11.4 Å². The summed E-state index contributed by atoms with van der Waals surface area (Å²) < 4.78 is 0. The molecule has 0 saturated carbocycles. The van der Waals surface area contributed by atoms with E-state index in [9.17, 15) is 5.11 Å². The van der Waals surface area contributed by atoms with E-state index in [4.69, 9.17) is 29.6 Å². The van der Waals surface area contributed by atoms with Crippen molar-refractivity contribution in [1.82, 2.24) is 0 Å². The second-order valence-corrected chi connectivity index (χ2v) is 4.98. The smallest absolute Gasteiger partial charge is 0.115 e. The normalized spacial score (nSPS) is 10.2. The second kappa shape index (κ2) is 5.47. The first-order chi connectivity index (χ1) is 8.99. The Bertz CT molecular complexity index is 613. The van der Waals surface area contributed by atoms with E-state index in [0.29, 0.717) is 10.0 Å². The Hall–Kier alpha value is -1.78. The standard InChI is InChI=1S/C14H13ClN2OS/c1-17(10-3-5-11(18)6-4-10)13-7-2-9(15)8-12(13)14(16)19/h2-8,18H,1H3,(H2,16,19). The van der Waals surface area contributed by atoms with E-state index in [1.807, 2.05) is 30.1 Å². The summed E-state index contributed by atoms with van der Waals surface area (Å²) in [4.78, 5) is 2.23. The van der Waals surface area contributed by atoms with E-state index in [0.717, 1.165) is 16.9 Å². The van der Waals surface area contributed by atoms with E-state index in [1.54, 1.807) is 24.3 Å². The molecule has 0 aliphatic heterocycles. The van der Waals surface area contributed by atoms with E-state index in [2.05, 4.69) is 0 Å². The Morgan fingerprint density at radius 2 is 1.84 bits per heavy atom. The number of halogens is 1. The van der Waals surface area contributed by atoms with Gasteiger partial charge >= 0.3 is 0 Å². The van der Waals surface area contributed by atoms with Crippen LogP contribution >= 0.6 is 23.8 Å². The van der Waals surface area contributed by atoms with Crippen LogP contribution < -0.4 is 10.6 Å². The van der Waals surface area contributed by atoms with Gasteiger partial charge < -0.3 is 15.7 Å². The van der Waals surface area contributed by atoms with Gasteiger partial charge in [-0.15, -0.1) is 0 Å². The molecule has 0 bridgehead atoms. The molecule has 0 saturated heterocycles. The molecule has 0 atom stereocenters. The summed E-state index contributed by atoms with van der Waals surface area (Å²) >= 11 is 11.0. The van der Waals surface area contributed by atoms with Gasteiger partial charge in [0.1, 0.15) is 10.7 Å². The van der Waals surface area contributed by atoms with Crippen LogP contribution in [-0.2, 0) is 0 Å². The Morgan fingerprint density at radius 1 is 1.21 bits per heavy atom. The molecule has 2 aromatic carbocycles. The quantitative estimate of drug-likeness (QED) is 0.851. The van der Waals surface area contributed by atoms with Crippen molar-refractivity contribution in [2.45, 2.75) is 0 Å². The summed E-state index contributed by atoms with van der Waals surface area (Å²) in [5.41, 5.74) is 8.23. The largest absolute Gasteiger partial charge is 0.508 e. The van der Waals surface area contributed by atoms with Gasteiger partial charge in [-0.2, -0.15) is 0 Å². The minimum Gasteiger partial charge on any atom is -0.508 e. The lowest BCUT2D eigenvalue weighted by molar-refractivity contribution is 0.475. The SMILES string of the molecule is CN(c1ccc(O)cc1)c1ccc(Cl)cc1C(N)=S. The first-order valence-electron chi connectivity index (χ1n) is 5.61. The van der Waals surface area contributed by atoms with Crippen LogP contribution in [0.3, 0.4) is 0 Å². The number of anilines is 2. The molecule has 2 rings (SSSR count). The van der Waals surface area contributed by atoms with Crippen molar-refractivity contribution in [2.75, 3.05) is 11.9 Å². The van der Waals surface area contributed by atoms with Gasteiger partial charge in [-0.25, -0.2) is 0 Å². The highest BCUT2D eigenvalue weighted by Gasteiger charge is 2.11. The molecule has 3 N–H and O–H groups in total. The van der Waals surface area contributed by atoms with Crippen LogP contribution in [-0.4, -0.2) is 17.1 Å². The lowest BCUT2D eigenvalue weighted by Crippen LogP contribution is -2.17. The molecule has 19 heavy (non-hydrogen) atoms. The number of phenolic OH excluding ortho intramolecular Hbond substituents is 1. The molecule has 3 nitrogen and oxygen atoms in total. The number of aromatic hydroxyl groups is 1. The van der Waals surface area contributed by atoms with Crippen LogP contribution in [0.5, 0.6) is 5.75 Å². The van der Waals surface area contributed by atoms with Gasteiger partial charge in [0, 0.05) is 23.3 Å². The third-order valence-electron chi connectivity index (χ3n) is 2.82. The number of phenols is 1. The van der Waals surface area contributed by atoms with Gasteiger partial charge in [0.2, 0.25) is 0 Å². The maximum atomic E-state index is 9.31. The van der Waals surface area contributed by atoms with Crippen molar-refractivity contribution in [3.8, 4) is 5.75 Å². The summed E-state index contributed by atoms with van der Waals surface area (Å²) in [7, 11) is 1.90. The molecule has 98 valence electrons. The maximum absolute atomic E-state index is 9.31. The van der Waals surface area contributed by atoms with Crippen molar-refractivity contribution in [3.63, 3.8) is 0 Å². The number of benzene rings is 2. The van der Waals surface area contributed by atoms with Crippen LogP contribution in [0.2, 0.25) is 5.02 Å². The highest BCUT2D eigenvalue weighted by Crippen LogP contribution is 2.30. The average molecular weight is 293 g/mol. The minimum absolute atomic E-state index is 0.225. The molecule has 2 aromatic rings. The van der Waals surface area contributed by atoms with Crippen LogP contribution in [0.1, 0.15) is 5.56 Å². The summed E-state index contributed by atoms with van der Waals surface area (Å²) in [6, 6.07) is 12.3. The van der Waals surface area contributed by atoms with Gasteiger partial charge in [-0.05, 0) is 42.5 Å². The summed E-state index contributed by atoms with van der Waals surface area (Å²) in [6.07, 6.45) is 0. The summed E-state index contributed by atoms with van der Waals surface area (Å²) in [5.74, 6) is 0.225. The lowest BCUT2D eigenvalue weighted by Gasteiger charge is -2.22. The van der Waals surface area contributed by atoms with Crippen LogP contribution in [0.15, 0.2) is 42.5 Å². The fourth-order valence-corrected chi connectivity index (χ4v) is 2.15. The fraction of sp³-hybridized carbons (Fsp3) is 0.0714. The first kappa shape index (κ1) is 13.6. The molecular formula is C14H13ClN2OS. The van der Waals surface area contributed by atoms with Crippen molar-refractivity contribution in [1.29, 1.82) is 0 Å². The van der Waals surface area contributed by atoms with Gasteiger partial charge in [-0.3, -0.25) is 0 Å². The van der Waals surface area contributed by atoms with Gasteiger partial charge in [0.25, 0.3) is 0 Å². The van der Waals surface area contributed by atoms with E-state index >= 15 is 0 Å². The molecule has 0 heterocycles. The van der Waals surface area contributed by atoms with Crippen LogP contribution in [0.25, 0.3) is 0 Å².